The number of fused-ring (bicyclic) bond motifs is 5. The Kier molecular flexibility index (Phi) is 3.90. The van der Waals surface area contributed by atoms with Crippen LogP contribution in [-0.2, 0) is 5.66 Å². The molecule has 152 valence electrons. The zero-order valence-electron chi connectivity index (χ0n) is 16.4. The molecule has 4 aromatic rings. The zero-order chi connectivity index (χ0) is 21.1. The van der Waals surface area contributed by atoms with E-state index in [1.807, 2.05) is 31.2 Å². The molecule has 0 radical (unpaired) electrons. The largest absolute Gasteiger partial charge is 0.497 e. The van der Waals surface area contributed by atoms with Gasteiger partial charge in [-0.05, 0) is 36.8 Å². The van der Waals surface area contributed by atoms with Crippen molar-refractivity contribution in [2.24, 2.45) is 0 Å². The van der Waals surface area contributed by atoms with E-state index < -0.39 is 11.8 Å². The number of aromatic nitrogens is 1. The van der Waals surface area contributed by atoms with Crippen LogP contribution in [0.4, 0.5) is 18.9 Å². The van der Waals surface area contributed by atoms with Gasteiger partial charge in [0.25, 0.3) is 0 Å². The van der Waals surface area contributed by atoms with Gasteiger partial charge in [-0.25, -0.2) is 0 Å². The first kappa shape index (κ1) is 18.6. The SMILES string of the molecule is COc1ccc(C2(C(F)(F)F)Nc3ccccc3-c3c(C)c4ccccc4n32)cc1. The minimum absolute atomic E-state index is 0.0901. The fourth-order valence-corrected chi connectivity index (χ4v) is 4.52. The summed E-state index contributed by atoms with van der Waals surface area (Å²) in [7, 11) is 1.49. The highest BCUT2D eigenvalue weighted by Gasteiger charge is 2.61. The Morgan fingerprint density at radius 2 is 1.57 bits per heavy atom. The number of hydrogen-bond acceptors (Lipinski definition) is 2. The van der Waals surface area contributed by atoms with Crippen LogP contribution in [0.2, 0.25) is 0 Å². The third-order valence-electron chi connectivity index (χ3n) is 5.88. The maximum absolute atomic E-state index is 15.1. The first-order chi connectivity index (χ1) is 14.4. The van der Waals surface area contributed by atoms with Gasteiger partial charge < -0.3 is 14.6 Å². The van der Waals surface area contributed by atoms with Gasteiger partial charge in [-0.1, -0.05) is 48.5 Å². The number of hydrogen-bond donors (Lipinski definition) is 1. The van der Waals surface area contributed by atoms with Crippen molar-refractivity contribution in [3.63, 3.8) is 0 Å². The molecule has 3 nitrogen and oxygen atoms in total. The third-order valence-corrected chi connectivity index (χ3v) is 5.88. The Hall–Kier alpha value is -3.41. The van der Waals surface area contributed by atoms with E-state index in [0.717, 1.165) is 16.5 Å². The van der Waals surface area contributed by atoms with E-state index in [4.69, 9.17) is 4.74 Å². The van der Waals surface area contributed by atoms with Crippen LogP contribution >= 0.6 is 0 Å². The summed E-state index contributed by atoms with van der Waals surface area (Å²) >= 11 is 0. The van der Waals surface area contributed by atoms with Gasteiger partial charge in [-0.15, -0.1) is 0 Å². The quantitative estimate of drug-likeness (QED) is 0.420. The number of aryl methyl sites for hydroxylation is 1. The number of alkyl halides is 3. The summed E-state index contributed by atoms with van der Waals surface area (Å²) in [5.74, 6) is 0.501. The number of rotatable bonds is 2. The normalized spacial score (nSPS) is 17.9. The van der Waals surface area contributed by atoms with Crippen LogP contribution in [0, 0.1) is 6.92 Å². The summed E-state index contributed by atoms with van der Waals surface area (Å²) in [6.07, 6.45) is -4.63. The van der Waals surface area contributed by atoms with Gasteiger partial charge >= 0.3 is 6.18 Å². The number of para-hydroxylation sites is 2. The Bertz CT molecular complexity index is 1260. The van der Waals surface area contributed by atoms with E-state index >= 15 is 13.2 Å². The van der Waals surface area contributed by atoms with Crippen molar-refractivity contribution in [2.75, 3.05) is 12.4 Å². The number of nitrogens with zero attached hydrogens (tertiary/aromatic N) is 1. The fourth-order valence-electron chi connectivity index (χ4n) is 4.52. The number of nitrogens with one attached hydrogen (secondary N) is 1. The van der Waals surface area contributed by atoms with E-state index in [1.165, 1.54) is 23.8 Å². The molecule has 1 aromatic heterocycles. The number of anilines is 1. The molecule has 0 amide bonds. The van der Waals surface area contributed by atoms with Gasteiger partial charge in [0.1, 0.15) is 5.75 Å². The molecular weight excluding hydrogens is 389 g/mol. The highest BCUT2D eigenvalue weighted by molar-refractivity contribution is 5.96. The van der Waals surface area contributed by atoms with E-state index in [0.29, 0.717) is 22.6 Å². The molecule has 0 aliphatic carbocycles. The van der Waals surface area contributed by atoms with Gasteiger partial charge in [-0.3, -0.25) is 0 Å². The molecule has 0 fully saturated rings. The average molecular weight is 408 g/mol. The summed E-state index contributed by atoms with van der Waals surface area (Å²) in [5.41, 5.74) is 0.744. The third kappa shape index (κ3) is 2.33. The van der Waals surface area contributed by atoms with Crippen molar-refractivity contribution < 1.29 is 17.9 Å². The second-order valence-corrected chi connectivity index (χ2v) is 7.43. The first-order valence-electron chi connectivity index (χ1n) is 9.58. The van der Waals surface area contributed by atoms with Crippen LogP contribution in [-0.4, -0.2) is 17.9 Å². The van der Waals surface area contributed by atoms with Gasteiger partial charge in [0.05, 0.1) is 18.3 Å². The number of halogens is 3. The molecule has 2 heterocycles. The monoisotopic (exact) mass is 408 g/mol. The second kappa shape index (κ2) is 6.29. The van der Waals surface area contributed by atoms with Crippen molar-refractivity contribution in [3.05, 3.63) is 83.9 Å². The molecule has 1 aliphatic heterocycles. The maximum Gasteiger partial charge on any atom is 0.435 e. The maximum atomic E-state index is 15.1. The lowest BCUT2D eigenvalue weighted by Crippen LogP contribution is -2.56. The lowest BCUT2D eigenvalue weighted by atomic mass is 9.92. The molecule has 5 rings (SSSR count). The Morgan fingerprint density at radius 1 is 0.900 bits per heavy atom. The summed E-state index contributed by atoms with van der Waals surface area (Å²) in [6.45, 7) is 1.88. The predicted molar refractivity (Wildman–Crippen MR) is 112 cm³/mol. The van der Waals surface area contributed by atoms with E-state index in [9.17, 15) is 0 Å². The van der Waals surface area contributed by atoms with Gasteiger partial charge in [-0.2, -0.15) is 13.2 Å². The predicted octanol–water partition coefficient (Wildman–Crippen LogP) is 6.31. The molecule has 0 saturated carbocycles. The topological polar surface area (TPSA) is 26.2 Å². The Balaban J connectivity index is 1.96. The highest BCUT2D eigenvalue weighted by Crippen LogP contribution is 2.53. The van der Waals surface area contributed by atoms with Crippen LogP contribution < -0.4 is 10.1 Å². The van der Waals surface area contributed by atoms with Crippen LogP contribution in [0.5, 0.6) is 5.75 Å². The molecule has 30 heavy (non-hydrogen) atoms. The molecule has 1 N–H and O–H groups in total. The number of benzene rings is 3. The Labute approximate surface area is 171 Å². The minimum Gasteiger partial charge on any atom is -0.497 e. The van der Waals surface area contributed by atoms with Crippen molar-refractivity contribution in [2.45, 2.75) is 18.8 Å². The van der Waals surface area contributed by atoms with Crippen molar-refractivity contribution in [1.82, 2.24) is 4.57 Å². The van der Waals surface area contributed by atoms with Gasteiger partial charge in [0.15, 0.2) is 0 Å². The molecule has 1 unspecified atom stereocenters. The molecule has 3 aromatic carbocycles. The van der Waals surface area contributed by atoms with Crippen molar-refractivity contribution in [1.29, 1.82) is 0 Å². The molecule has 0 spiro atoms. The van der Waals surface area contributed by atoms with Crippen molar-refractivity contribution >= 4 is 16.6 Å². The zero-order valence-corrected chi connectivity index (χ0v) is 16.4. The minimum atomic E-state index is -4.63. The van der Waals surface area contributed by atoms with Gasteiger partial charge in [0.2, 0.25) is 5.66 Å². The van der Waals surface area contributed by atoms with E-state index in [-0.39, 0.29) is 5.56 Å². The molecule has 6 heteroatoms. The first-order valence-corrected chi connectivity index (χ1v) is 9.58. The van der Waals surface area contributed by atoms with Crippen LogP contribution in [0.1, 0.15) is 11.1 Å². The van der Waals surface area contributed by atoms with E-state index in [2.05, 4.69) is 5.32 Å². The average Bonchev–Trinajstić information content (AvgIpc) is 3.06. The lowest BCUT2D eigenvalue weighted by Gasteiger charge is -2.44. The second-order valence-electron chi connectivity index (χ2n) is 7.43. The summed E-state index contributed by atoms with van der Waals surface area (Å²) < 4.78 is 51.8. The van der Waals surface area contributed by atoms with Crippen LogP contribution in [0.15, 0.2) is 72.8 Å². The smallest absolute Gasteiger partial charge is 0.435 e. The standard InChI is InChI=1S/C24H19F3N2O/c1-15-18-7-4-6-10-21(18)29-22(15)19-8-3-5-9-20(19)28-23(29,24(25,26)27)16-11-13-17(30-2)14-12-16/h3-14,28H,1-2H3. The summed E-state index contributed by atoms with van der Waals surface area (Å²) in [6, 6.07) is 20.4. The molecular formula is C24H19F3N2O. The Morgan fingerprint density at radius 3 is 2.27 bits per heavy atom. The van der Waals surface area contributed by atoms with Crippen LogP contribution in [0.3, 0.4) is 0 Å². The number of ether oxygens (including phenoxy) is 1. The summed E-state index contributed by atoms with van der Waals surface area (Å²) in [4.78, 5) is 0. The molecule has 0 bridgehead atoms. The summed E-state index contributed by atoms with van der Waals surface area (Å²) in [5, 5.41) is 3.66. The molecule has 1 atom stereocenters. The van der Waals surface area contributed by atoms with E-state index in [1.54, 1.807) is 36.4 Å². The fraction of sp³-hybridized carbons (Fsp3) is 0.167. The number of methoxy groups -OCH3 is 1. The van der Waals surface area contributed by atoms with Crippen molar-refractivity contribution in [3.8, 4) is 17.0 Å². The van der Waals surface area contributed by atoms with Crippen LogP contribution in [0.25, 0.3) is 22.2 Å². The molecule has 0 saturated heterocycles. The molecule has 1 aliphatic rings. The van der Waals surface area contributed by atoms with Gasteiger partial charge in [0, 0.05) is 22.2 Å². The lowest BCUT2D eigenvalue weighted by molar-refractivity contribution is -0.189. The highest BCUT2D eigenvalue weighted by atomic mass is 19.4.